The average molecular weight is 321 g/mol. The lowest BCUT2D eigenvalue weighted by Crippen LogP contribution is -2.19. The molecule has 2 aromatic rings. The fourth-order valence-corrected chi connectivity index (χ4v) is 2.93. The molecule has 0 atom stereocenters. The highest BCUT2D eigenvalue weighted by molar-refractivity contribution is 9.10. The number of imidazole rings is 1. The lowest BCUT2D eigenvalue weighted by atomic mass is 10.0. The molecule has 100 valence electrons. The highest BCUT2D eigenvalue weighted by Gasteiger charge is 2.20. The van der Waals surface area contributed by atoms with Gasteiger partial charge in [-0.25, -0.2) is 4.98 Å². The van der Waals surface area contributed by atoms with Crippen LogP contribution in [0.4, 0.5) is 5.95 Å². The second-order valence-electron chi connectivity index (χ2n) is 4.83. The van der Waals surface area contributed by atoms with Crippen LogP contribution in [0.3, 0.4) is 0 Å². The molecular weight excluding hydrogens is 304 g/mol. The van der Waals surface area contributed by atoms with Crippen LogP contribution < -0.4 is 11.1 Å². The number of hydrogen-bond donors (Lipinski definition) is 2. The molecule has 1 aromatic carbocycles. The van der Waals surface area contributed by atoms with Crippen LogP contribution in [-0.4, -0.2) is 16.1 Å². The van der Waals surface area contributed by atoms with Gasteiger partial charge in [0.15, 0.2) is 0 Å². The summed E-state index contributed by atoms with van der Waals surface area (Å²) in [5.74, 6) is 0.945. The zero-order chi connectivity index (χ0) is 13.4. The topological polar surface area (TPSA) is 55.9 Å². The van der Waals surface area contributed by atoms with Crippen molar-refractivity contribution in [1.29, 1.82) is 0 Å². The number of halogens is 1. The minimum Gasteiger partial charge on any atom is -0.356 e. The number of nitrogens with zero attached hydrogens (tertiary/aromatic N) is 2. The van der Waals surface area contributed by atoms with Crippen LogP contribution in [0.25, 0.3) is 11.3 Å². The lowest BCUT2D eigenvalue weighted by molar-refractivity contribution is 0.604. The maximum absolute atomic E-state index is 5.94. The molecule has 3 N–H and O–H groups in total. The summed E-state index contributed by atoms with van der Waals surface area (Å²) in [5, 5.41) is 3.35. The third kappa shape index (κ3) is 2.17. The largest absolute Gasteiger partial charge is 0.356 e. The van der Waals surface area contributed by atoms with Crippen molar-refractivity contribution in [2.24, 2.45) is 5.73 Å². The first-order valence-electron chi connectivity index (χ1n) is 6.50. The maximum Gasteiger partial charge on any atom is 0.203 e. The second kappa shape index (κ2) is 4.98. The minimum atomic E-state index is 0.510. The van der Waals surface area contributed by atoms with Crippen molar-refractivity contribution >= 4 is 21.9 Å². The molecule has 0 amide bonds. The van der Waals surface area contributed by atoms with E-state index in [1.807, 2.05) is 0 Å². The summed E-state index contributed by atoms with van der Waals surface area (Å²) in [4.78, 5) is 4.74. The molecular formula is C14H17BrN4. The highest BCUT2D eigenvalue weighted by Crippen LogP contribution is 2.32. The van der Waals surface area contributed by atoms with Crippen molar-refractivity contribution in [3.8, 4) is 11.3 Å². The van der Waals surface area contributed by atoms with Crippen LogP contribution in [-0.2, 0) is 13.1 Å². The van der Waals surface area contributed by atoms with E-state index in [9.17, 15) is 0 Å². The normalized spacial score (nSPS) is 14.1. The summed E-state index contributed by atoms with van der Waals surface area (Å²) >= 11 is 3.53. The predicted molar refractivity (Wildman–Crippen MR) is 81.1 cm³/mol. The molecule has 0 spiro atoms. The van der Waals surface area contributed by atoms with Gasteiger partial charge in [-0.2, -0.15) is 0 Å². The smallest absolute Gasteiger partial charge is 0.203 e. The molecule has 0 bridgehead atoms. The molecule has 1 aliphatic heterocycles. The predicted octanol–water partition coefficient (Wildman–Crippen LogP) is 2.90. The Labute approximate surface area is 121 Å². The van der Waals surface area contributed by atoms with Crippen molar-refractivity contribution in [3.63, 3.8) is 0 Å². The number of anilines is 1. The number of nitrogens with one attached hydrogen (secondary N) is 1. The molecule has 4 nitrogen and oxygen atoms in total. The highest BCUT2D eigenvalue weighted by atomic mass is 79.9. The Morgan fingerprint density at radius 1 is 1.47 bits per heavy atom. The molecule has 19 heavy (non-hydrogen) atoms. The third-order valence-corrected chi connectivity index (χ3v) is 4.06. The molecule has 1 aromatic heterocycles. The monoisotopic (exact) mass is 320 g/mol. The van der Waals surface area contributed by atoms with E-state index in [1.54, 1.807) is 0 Å². The number of aromatic nitrogens is 2. The van der Waals surface area contributed by atoms with Crippen LogP contribution in [0.15, 0.2) is 22.7 Å². The van der Waals surface area contributed by atoms with E-state index in [0.29, 0.717) is 6.54 Å². The third-order valence-electron chi connectivity index (χ3n) is 3.56. The van der Waals surface area contributed by atoms with Crippen LogP contribution >= 0.6 is 15.9 Å². The first-order chi connectivity index (χ1) is 9.20. The summed E-state index contributed by atoms with van der Waals surface area (Å²) in [7, 11) is 0. The number of nitrogens with two attached hydrogens (primary N) is 1. The minimum absolute atomic E-state index is 0.510. The van der Waals surface area contributed by atoms with Gasteiger partial charge in [0, 0.05) is 29.7 Å². The van der Waals surface area contributed by atoms with Crippen LogP contribution in [0.1, 0.15) is 17.7 Å². The Balaban J connectivity index is 2.19. The Hall–Kier alpha value is -1.33. The van der Waals surface area contributed by atoms with Gasteiger partial charge in [0.25, 0.3) is 0 Å². The Morgan fingerprint density at radius 2 is 2.32 bits per heavy atom. The van der Waals surface area contributed by atoms with Gasteiger partial charge < -0.3 is 15.6 Å². The van der Waals surface area contributed by atoms with Crippen molar-refractivity contribution in [3.05, 3.63) is 33.9 Å². The zero-order valence-electron chi connectivity index (χ0n) is 10.9. The molecule has 0 fully saturated rings. The van der Waals surface area contributed by atoms with Crippen molar-refractivity contribution in [2.75, 3.05) is 11.9 Å². The zero-order valence-corrected chi connectivity index (χ0v) is 12.5. The number of hydrogen-bond acceptors (Lipinski definition) is 3. The van der Waals surface area contributed by atoms with Gasteiger partial charge in [-0.05, 0) is 31.0 Å². The second-order valence-corrected chi connectivity index (χ2v) is 5.74. The van der Waals surface area contributed by atoms with Gasteiger partial charge in [0.05, 0.1) is 11.4 Å². The Morgan fingerprint density at radius 3 is 3.11 bits per heavy atom. The van der Waals surface area contributed by atoms with Gasteiger partial charge in [-0.3, -0.25) is 0 Å². The van der Waals surface area contributed by atoms with Crippen molar-refractivity contribution < 1.29 is 0 Å². The maximum atomic E-state index is 5.94. The van der Waals surface area contributed by atoms with Gasteiger partial charge in [-0.1, -0.05) is 22.0 Å². The van der Waals surface area contributed by atoms with Crippen LogP contribution in [0, 0.1) is 6.92 Å². The first kappa shape index (κ1) is 12.7. The van der Waals surface area contributed by atoms with Gasteiger partial charge in [0.1, 0.15) is 0 Å². The van der Waals surface area contributed by atoms with E-state index in [1.165, 1.54) is 5.56 Å². The van der Waals surface area contributed by atoms with E-state index < -0.39 is 0 Å². The van der Waals surface area contributed by atoms with Crippen LogP contribution in [0.2, 0.25) is 0 Å². The summed E-state index contributed by atoms with van der Waals surface area (Å²) < 4.78 is 3.27. The number of aryl methyl sites for hydroxylation is 1. The fraction of sp³-hybridized carbons (Fsp3) is 0.357. The molecule has 3 rings (SSSR count). The molecule has 0 saturated carbocycles. The number of fused-ring (bicyclic) bond motifs is 1. The quantitative estimate of drug-likeness (QED) is 0.894. The van der Waals surface area contributed by atoms with Gasteiger partial charge in [0.2, 0.25) is 5.95 Å². The fourth-order valence-electron chi connectivity index (χ4n) is 2.57. The molecule has 0 unspecified atom stereocenters. The van der Waals surface area contributed by atoms with E-state index >= 15 is 0 Å². The summed E-state index contributed by atoms with van der Waals surface area (Å²) in [6.07, 6.45) is 1.12. The van der Waals surface area contributed by atoms with Gasteiger partial charge in [-0.15, -0.1) is 0 Å². The first-order valence-corrected chi connectivity index (χ1v) is 7.30. The van der Waals surface area contributed by atoms with Gasteiger partial charge >= 0.3 is 0 Å². The van der Waals surface area contributed by atoms with E-state index in [2.05, 4.69) is 50.9 Å². The van der Waals surface area contributed by atoms with E-state index in [-0.39, 0.29) is 0 Å². The van der Waals surface area contributed by atoms with Crippen molar-refractivity contribution in [1.82, 2.24) is 9.55 Å². The lowest BCUT2D eigenvalue weighted by Gasteiger charge is -2.17. The molecule has 2 heterocycles. The molecule has 0 saturated heterocycles. The summed E-state index contributed by atoms with van der Waals surface area (Å²) in [6.45, 7) is 4.59. The molecule has 0 aliphatic carbocycles. The molecule has 1 aliphatic rings. The SMILES string of the molecule is Cc1ccc(Br)cc1-c1nc2n(c1CN)CCCN2. The van der Waals surface area contributed by atoms with E-state index in [0.717, 1.165) is 46.9 Å². The molecule has 0 radical (unpaired) electrons. The standard InChI is InChI=1S/C14H17BrN4/c1-9-3-4-10(15)7-11(9)13-12(8-16)19-6-2-5-17-14(19)18-13/h3-4,7H,2,5-6,8,16H2,1H3,(H,17,18). The van der Waals surface area contributed by atoms with E-state index in [4.69, 9.17) is 10.7 Å². The summed E-state index contributed by atoms with van der Waals surface area (Å²) in [6, 6.07) is 6.27. The number of benzene rings is 1. The average Bonchev–Trinajstić information content (AvgIpc) is 2.79. The van der Waals surface area contributed by atoms with Crippen LogP contribution in [0.5, 0.6) is 0 Å². The molecule has 5 heteroatoms. The number of rotatable bonds is 2. The Bertz CT molecular complexity index is 618. The van der Waals surface area contributed by atoms with Crippen molar-refractivity contribution in [2.45, 2.75) is 26.4 Å². The summed E-state index contributed by atoms with van der Waals surface area (Å²) in [5.41, 5.74) is 10.4. The Kier molecular flexibility index (Phi) is 3.33.